The number of carbonyl (C=O) groups excluding carboxylic acids is 2. The molecule has 8 heteroatoms. The Morgan fingerprint density at radius 3 is 2.76 bits per heavy atom. The molecule has 2 aromatic heterocycles. The van der Waals surface area contributed by atoms with Crippen LogP contribution in [0.3, 0.4) is 0 Å². The summed E-state index contributed by atoms with van der Waals surface area (Å²) in [6, 6.07) is 5.86. The minimum Gasteiger partial charge on any atom is -0.462 e. The molecule has 3 rings (SSSR count). The zero-order valence-electron chi connectivity index (χ0n) is 16.8. The van der Waals surface area contributed by atoms with Gasteiger partial charge in [-0.15, -0.1) is 11.3 Å². The number of benzene rings is 1. The van der Waals surface area contributed by atoms with E-state index in [0.717, 1.165) is 16.8 Å². The van der Waals surface area contributed by atoms with Gasteiger partial charge < -0.3 is 10.1 Å². The van der Waals surface area contributed by atoms with Gasteiger partial charge >= 0.3 is 5.97 Å². The van der Waals surface area contributed by atoms with Gasteiger partial charge in [-0.3, -0.25) is 14.2 Å². The summed E-state index contributed by atoms with van der Waals surface area (Å²) in [5.41, 5.74) is 2.48. The molecule has 152 valence electrons. The Bertz CT molecular complexity index is 1130. The summed E-state index contributed by atoms with van der Waals surface area (Å²) in [6.07, 6.45) is 1.33. The minimum atomic E-state index is -0.568. The molecular weight excluding hydrogens is 390 g/mol. The Hall–Kier alpha value is -3.00. The molecule has 29 heavy (non-hydrogen) atoms. The normalized spacial score (nSPS) is 11.1. The number of para-hydroxylation sites is 1. The molecule has 0 aliphatic carbocycles. The van der Waals surface area contributed by atoms with E-state index in [2.05, 4.69) is 24.1 Å². The van der Waals surface area contributed by atoms with Gasteiger partial charge in [-0.05, 0) is 30.9 Å². The summed E-state index contributed by atoms with van der Waals surface area (Å²) >= 11 is 1.19. The van der Waals surface area contributed by atoms with Crippen LogP contribution >= 0.6 is 11.3 Å². The number of anilines is 1. The lowest BCUT2D eigenvalue weighted by Gasteiger charge is -2.16. The van der Waals surface area contributed by atoms with Gasteiger partial charge in [-0.2, -0.15) is 0 Å². The van der Waals surface area contributed by atoms with Crippen molar-refractivity contribution in [1.29, 1.82) is 0 Å². The second-order valence-corrected chi connectivity index (χ2v) is 7.83. The van der Waals surface area contributed by atoms with Gasteiger partial charge in [0.05, 0.1) is 23.9 Å². The Morgan fingerprint density at radius 2 is 2.07 bits per heavy atom. The van der Waals surface area contributed by atoms with Crippen molar-refractivity contribution in [1.82, 2.24) is 9.55 Å². The molecule has 0 fully saturated rings. The zero-order chi connectivity index (χ0) is 21.1. The molecule has 0 radical (unpaired) electrons. The number of carbonyl (C=O) groups is 2. The van der Waals surface area contributed by atoms with E-state index in [1.54, 1.807) is 12.3 Å². The predicted octanol–water partition coefficient (Wildman–Crippen LogP) is 3.71. The van der Waals surface area contributed by atoms with Gasteiger partial charge in [-0.1, -0.05) is 32.0 Å². The van der Waals surface area contributed by atoms with E-state index in [-0.39, 0.29) is 35.9 Å². The van der Waals surface area contributed by atoms with Crippen molar-refractivity contribution < 1.29 is 14.3 Å². The van der Waals surface area contributed by atoms with Gasteiger partial charge in [0.2, 0.25) is 5.91 Å². The van der Waals surface area contributed by atoms with Crippen LogP contribution in [0, 0.1) is 6.92 Å². The number of amides is 1. The van der Waals surface area contributed by atoms with Crippen LogP contribution < -0.4 is 10.9 Å². The molecule has 0 unspecified atom stereocenters. The van der Waals surface area contributed by atoms with E-state index in [0.29, 0.717) is 4.83 Å². The number of ether oxygens (including phenoxy) is 1. The highest BCUT2D eigenvalue weighted by Crippen LogP contribution is 2.27. The molecule has 0 saturated carbocycles. The number of fused-ring (bicyclic) bond motifs is 1. The highest BCUT2D eigenvalue weighted by atomic mass is 32.1. The zero-order valence-corrected chi connectivity index (χ0v) is 17.6. The van der Waals surface area contributed by atoms with Crippen LogP contribution in [0.4, 0.5) is 5.69 Å². The van der Waals surface area contributed by atoms with E-state index < -0.39 is 11.5 Å². The standard InChI is InChI=1S/C21H23N3O4S/c1-5-28-21(27)15-10-29-19-17(15)20(26)24(11-22-19)9-16(25)23-18-13(4)7-6-8-14(18)12(2)3/h6-8,10-12H,5,9H2,1-4H3,(H,23,25). The molecular formula is C21H23N3O4S. The Labute approximate surface area is 172 Å². The first-order chi connectivity index (χ1) is 13.8. The van der Waals surface area contributed by atoms with E-state index in [4.69, 9.17) is 4.74 Å². The Balaban J connectivity index is 1.90. The first kappa shape index (κ1) is 20.7. The second-order valence-electron chi connectivity index (χ2n) is 6.97. The average Bonchev–Trinajstić information content (AvgIpc) is 3.10. The fraction of sp³-hybridized carbons (Fsp3) is 0.333. The van der Waals surface area contributed by atoms with Crippen LogP contribution in [0.5, 0.6) is 0 Å². The lowest BCUT2D eigenvalue weighted by Crippen LogP contribution is -2.28. The second kappa shape index (κ2) is 8.57. The third kappa shape index (κ3) is 4.22. The molecule has 0 atom stereocenters. The fourth-order valence-electron chi connectivity index (χ4n) is 3.12. The van der Waals surface area contributed by atoms with Crippen molar-refractivity contribution in [3.8, 4) is 0 Å². The number of aryl methyl sites for hydroxylation is 1. The van der Waals surface area contributed by atoms with Crippen LogP contribution in [-0.2, 0) is 16.1 Å². The quantitative estimate of drug-likeness (QED) is 0.622. The van der Waals surface area contributed by atoms with Crippen molar-refractivity contribution >= 4 is 39.1 Å². The van der Waals surface area contributed by atoms with Gasteiger partial charge in [0.1, 0.15) is 11.4 Å². The molecule has 7 nitrogen and oxygen atoms in total. The highest BCUT2D eigenvalue weighted by Gasteiger charge is 2.19. The van der Waals surface area contributed by atoms with Gasteiger partial charge in [0, 0.05) is 11.1 Å². The van der Waals surface area contributed by atoms with Crippen LogP contribution in [-0.4, -0.2) is 28.0 Å². The Morgan fingerprint density at radius 1 is 1.31 bits per heavy atom. The van der Waals surface area contributed by atoms with E-state index in [9.17, 15) is 14.4 Å². The average molecular weight is 413 g/mol. The number of hydrogen-bond donors (Lipinski definition) is 1. The summed E-state index contributed by atoms with van der Waals surface area (Å²) < 4.78 is 6.22. The van der Waals surface area contributed by atoms with Crippen molar-refractivity contribution in [2.24, 2.45) is 0 Å². The topological polar surface area (TPSA) is 90.3 Å². The first-order valence-electron chi connectivity index (χ1n) is 9.36. The van der Waals surface area contributed by atoms with E-state index in [1.165, 1.54) is 22.2 Å². The smallest absolute Gasteiger partial charge is 0.339 e. The van der Waals surface area contributed by atoms with Gasteiger partial charge in [0.25, 0.3) is 5.56 Å². The van der Waals surface area contributed by atoms with Crippen LogP contribution in [0.1, 0.15) is 48.2 Å². The molecule has 1 N–H and O–H groups in total. The van der Waals surface area contributed by atoms with Gasteiger partial charge in [-0.25, -0.2) is 9.78 Å². The van der Waals surface area contributed by atoms with Crippen molar-refractivity contribution in [2.45, 2.75) is 40.2 Å². The highest BCUT2D eigenvalue weighted by molar-refractivity contribution is 7.17. The summed E-state index contributed by atoms with van der Waals surface area (Å²) in [5, 5.41) is 4.66. The number of aromatic nitrogens is 2. The molecule has 0 saturated heterocycles. The first-order valence-corrected chi connectivity index (χ1v) is 10.2. The van der Waals surface area contributed by atoms with Crippen LogP contribution in [0.2, 0.25) is 0 Å². The van der Waals surface area contributed by atoms with Crippen LogP contribution in [0.15, 0.2) is 34.7 Å². The molecule has 0 spiro atoms. The molecule has 1 amide bonds. The molecule has 0 aliphatic heterocycles. The molecule has 1 aromatic carbocycles. The number of thiophene rings is 1. The third-order valence-corrected chi connectivity index (χ3v) is 5.45. The summed E-state index contributed by atoms with van der Waals surface area (Å²) in [6.45, 7) is 7.75. The molecule has 0 bridgehead atoms. The van der Waals surface area contributed by atoms with Crippen molar-refractivity contribution in [3.05, 3.63) is 57.0 Å². The number of esters is 1. The maximum atomic E-state index is 12.9. The third-order valence-electron chi connectivity index (χ3n) is 4.56. The van der Waals surface area contributed by atoms with Crippen molar-refractivity contribution in [3.63, 3.8) is 0 Å². The fourth-order valence-corrected chi connectivity index (χ4v) is 3.98. The Kier molecular flexibility index (Phi) is 6.12. The lowest BCUT2D eigenvalue weighted by molar-refractivity contribution is -0.116. The summed E-state index contributed by atoms with van der Waals surface area (Å²) in [5.74, 6) is -0.664. The summed E-state index contributed by atoms with van der Waals surface area (Å²) in [4.78, 5) is 42.3. The SMILES string of the molecule is CCOC(=O)c1csc2ncn(CC(=O)Nc3c(C)cccc3C(C)C)c(=O)c12. The number of rotatable bonds is 6. The molecule has 0 aliphatic rings. The summed E-state index contributed by atoms with van der Waals surface area (Å²) in [7, 11) is 0. The molecule has 2 heterocycles. The maximum Gasteiger partial charge on any atom is 0.339 e. The number of hydrogen-bond acceptors (Lipinski definition) is 6. The lowest BCUT2D eigenvalue weighted by atomic mass is 9.98. The van der Waals surface area contributed by atoms with E-state index >= 15 is 0 Å². The largest absolute Gasteiger partial charge is 0.462 e. The minimum absolute atomic E-state index is 0.181. The monoisotopic (exact) mass is 413 g/mol. The van der Waals surface area contributed by atoms with E-state index in [1.807, 2.05) is 25.1 Å². The molecule has 3 aromatic rings. The predicted molar refractivity (Wildman–Crippen MR) is 114 cm³/mol. The van der Waals surface area contributed by atoms with Crippen LogP contribution in [0.25, 0.3) is 10.2 Å². The van der Waals surface area contributed by atoms with Crippen molar-refractivity contribution in [2.75, 3.05) is 11.9 Å². The maximum absolute atomic E-state index is 12.9. The van der Waals surface area contributed by atoms with Gasteiger partial charge in [0.15, 0.2) is 0 Å². The number of nitrogens with one attached hydrogen (secondary N) is 1. The number of nitrogens with zero attached hydrogens (tertiary/aromatic N) is 2.